The number of aryl methyl sites for hydroxylation is 2. The molecule has 0 bridgehead atoms. The van der Waals surface area contributed by atoms with Gasteiger partial charge in [-0.2, -0.15) is 0 Å². The van der Waals surface area contributed by atoms with Crippen LogP contribution in [0.15, 0.2) is 161 Å². The summed E-state index contributed by atoms with van der Waals surface area (Å²) in [6.07, 6.45) is 4.49. The van der Waals surface area contributed by atoms with E-state index in [1.54, 1.807) is 18.3 Å². The van der Waals surface area contributed by atoms with E-state index in [0.29, 0.717) is 0 Å². The van der Waals surface area contributed by atoms with Crippen molar-refractivity contribution in [1.82, 2.24) is 9.97 Å². The number of hydrogen-bond acceptors (Lipinski definition) is 4. The van der Waals surface area contributed by atoms with Crippen LogP contribution in [0.25, 0.3) is 77.5 Å². The maximum absolute atomic E-state index is 13.3. The third kappa shape index (κ3) is 7.23. The number of benzene rings is 6. The third-order valence-electron chi connectivity index (χ3n) is 9.70. The van der Waals surface area contributed by atoms with Crippen molar-refractivity contribution in [3.8, 4) is 33.6 Å². The summed E-state index contributed by atoms with van der Waals surface area (Å²) < 4.78 is 25.8. The fraction of sp³-hybridized carbons (Fsp3) is 0.0612. The fourth-order valence-corrected chi connectivity index (χ4v) is 6.96. The summed E-state index contributed by atoms with van der Waals surface area (Å²) in [5, 5.41) is 4.37. The van der Waals surface area contributed by atoms with E-state index in [1.165, 1.54) is 28.8 Å². The number of hydrogen-bond donors (Lipinski definition) is 0. The normalized spacial score (nSPS) is 11.1. The van der Waals surface area contributed by atoms with E-state index in [-0.39, 0.29) is 25.9 Å². The van der Waals surface area contributed by atoms with Crippen LogP contribution in [-0.2, 0) is 26.5 Å². The predicted molar refractivity (Wildman–Crippen MR) is 216 cm³/mol. The molecule has 0 saturated carbocycles. The van der Waals surface area contributed by atoms with Crippen LogP contribution in [0.4, 0.5) is 4.39 Å². The second-order valence-corrected chi connectivity index (χ2v) is 13.5. The molecule has 0 amide bonds. The predicted octanol–water partition coefficient (Wildman–Crippen LogP) is 12.9. The SMILES string of the molecule is Cc1ccc(-c2[c-]ccc3c2oc2cc(C)ccc23)nc1.Fc1ccc(-c2ccnc(-c3[c-]ccc4c3oc3cc(Cc5ccccc5)ccc34)c2)cc1.[Ir]. The molecule has 269 valence electrons. The molecule has 6 aromatic carbocycles. The summed E-state index contributed by atoms with van der Waals surface area (Å²) in [7, 11) is 0. The number of halogens is 1. The summed E-state index contributed by atoms with van der Waals surface area (Å²) in [4.78, 5) is 9.08. The van der Waals surface area contributed by atoms with Gasteiger partial charge in [0.25, 0.3) is 0 Å². The number of pyridine rings is 2. The van der Waals surface area contributed by atoms with Gasteiger partial charge in [-0.1, -0.05) is 107 Å². The second-order valence-electron chi connectivity index (χ2n) is 13.5. The quantitative estimate of drug-likeness (QED) is 0.162. The number of fused-ring (bicyclic) bond motifs is 6. The van der Waals surface area contributed by atoms with Crippen LogP contribution in [-0.4, -0.2) is 9.97 Å². The summed E-state index contributed by atoms with van der Waals surface area (Å²) in [6.45, 7) is 4.10. The first-order valence-corrected chi connectivity index (χ1v) is 17.9. The third-order valence-corrected chi connectivity index (χ3v) is 9.70. The van der Waals surface area contributed by atoms with E-state index >= 15 is 0 Å². The molecule has 1 radical (unpaired) electrons. The van der Waals surface area contributed by atoms with Crippen molar-refractivity contribution in [2.45, 2.75) is 20.3 Å². The Morgan fingerprint density at radius 2 is 1.20 bits per heavy atom. The minimum atomic E-state index is -0.250. The summed E-state index contributed by atoms with van der Waals surface area (Å²) in [6, 6.07) is 52.1. The van der Waals surface area contributed by atoms with Gasteiger partial charge in [0.15, 0.2) is 0 Å². The Labute approximate surface area is 331 Å². The maximum atomic E-state index is 13.3. The van der Waals surface area contributed by atoms with Crippen molar-refractivity contribution >= 4 is 43.9 Å². The molecule has 0 unspecified atom stereocenters. The minimum Gasteiger partial charge on any atom is -0.501 e. The first-order chi connectivity index (χ1) is 26.5. The van der Waals surface area contributed by atoms with Crippen LogP contribution in [0.2, 0.25) is 0 Å². The van der Waals surface area contributed by atoms with Gasteiger partial charge >= 0.3 is 0 Å². The van der Waals surface area contributed by atoms with Crippen molar-refractivity contribution in [2.24, 2.45) is 0 Å². The van der Waals surface area contributed by atoms with Crippen LogP contribution < -0.4 is 0 Å². The van der Waals surface area contributed by atoms with Crippen molar-refractivity contribution in [3.05, 3.63) is 192 Å². The van der Waals surface area contributed by atoms with Gasteiger partial charge in [-0.3, -0.25) is 0 Å². The smallest absolute Gasteiger partial charge is 0.123 e. The van der Waals surface area contributed by atoms with Crippen molar-refractivity contribution < 1.29 is 33.3 Å². The van der Waals surface area contributed by atoms with Gasteiger partial charge in [0, 0.05) is 43.3 Å². The number of aromatic nitrogens is 2. The summed E-state index contributed by atoms with van der Waals surface area (Å²) in [5.74, 6) is -0.250. The molecule has 0 atom stereocenters. The second kappa shape index (κ2) is 15.3. The van der Waals surface area contributed by atoms with Crippen LogP contribution in [0, 0.1) is 31.8 Å². The average Bonchev–Trinajstić information content (AvgIpc) is 3.77. The van der Waals surface area contributed by atoms with Gasteiger partial charge in [-0.15, -0.1) is 36.4 Å². The molecule has 6 heteroatoms. The van der Waals surface area contributed by atoms with Crippen LogP contribution in [0.1, 0.15) is 22.3 Å². The zero-order valence-electron chi connectivity index (χ0n) is 30.1. The van der Waals surface area contributed by atoms with Crippen LogP contribution >= 0.6 is 0 Å². The van der Waals surface area contributed by atoms with Gasteiger partial charge in [0.2, 0.25) is 0 Å². The molecular formula is C49H33FIrN2O2-2. The van der Waals surface area contributed by atoms with Gasteiger partial charge in [0.05, 0.1) is 11.2 Å². The number of nitrogens with zero attached hydrogens (tertiary/aromatic N) is 2. The van der Waals surface area contributed by atoms with E-state index in [1.807, 2.05) is 61.7 Å². The van der Waals surface area contributed by atoms with E-state index in [9.17, 15) is 4.39 Å². The van der Waals surface area contributed by atoms with Gasteiger partial charge in [-0.05, 0) is 95.4 Å². The molecule has 4 nitrogen and oxygen atoms in total. The molecule has 4 heterocycles. The van der Waals surface area contributed by atoms with E-state index in [4.69, 9.17) is 8.83 Å². The molecule has 0 aliphatic heterocycles. The van der Waals surface area contributed by atoms with Gasteiger partial charge in [-0.25, -0.2) is 4.39 Å². The van der Waals surface area contributed by atoms with Crippen LogP contribution in [0.5, 0.6) is 0 Å². The Morgan fingerprint density at radius 3 is 1.89 bits per heavy atom. The molecular weight excluding hydrogens is 860 g/mol. The molecule has 0 N–H and O–H groups in total. The minimum absolute atomic E-state index is 0. The van der Waals surface area contributed by atoms with Crippen LogP contribution in [0.3, 0.4) is 0 Å². The Kier molecular flexibility index (Phi) is 9.94. The first-order valence-electron chi connectivity index (χ1n) is 17.9. The zero-order chi connectivity index (χ0) is 36.6. The Hall–Kier alpha value is -6.20. The summed E-state index contributed by atoms with van der Waals surface area (Å²) >= 11 is 0. The Balaban J connectivity index is 0.000000168. The largest absolute Gasteiger partial charge is 0.501 e. The van der Waals surface area contributed by atoms with Gasteiger partial charge < -0.3 is 18.8 Å². The molecule has 4 aromatic heterocycles. The molecule has 0 aliphatic rings. The summed E-state index contributed by atoms with van der Waals surface area (Å²) in [5.41, 5.74) is 13.5. The van der Waals surface area contributed by atoms with Crippen molar-refractivity contribution in [3.63, 3.8) is 0 Å². The van der Waals surface area contributed by atoms with Crippen molar-refractivity contribution in [1.29, 1.82) is 0 Å². The average molecular weight is 893 g/mol. The number of furan rings is 2. The monoisotopic (exact) mass is 893 g/mol. The fourth-order valence-electron chi connectivity index (χ4n) is 6.96. The van der Waals surface area contributed by atoms with Gasteiger partial charge in [0.1, 0.15) is 17.0 Å². The molecule has 10 aromatic rings. The maximum Gasteiger partial charge on any atom is 0.123 e. The van der Waals surface area contributed by atoms with E-state index in [2.05, 4.69) is 95.8 Å². The molecule has 0 fully saturated rings. The van der Waals surface area contributed by atoms with Crippen molar-refractivity contribution in [2.75, 3.05) is 0 Å². The number of rotatable bonds is 5. The Bertz CT molecular complexity index is 2930. The molecule has 0 aliphatic carbocycles. The first kappa shape index (κ1) is 35.8. The molecule has 0 saturated heterocycles. The zero-order valence-corrected chi connectivity index (χ0v) is 32.5. The van der Waals surface area contributed by atoms with E-state index in [0.717, 1.165) is 89.5 Å². The topological polar surface area (TPSA) is 52.1 Å². The molecule has 55 heavy (non-hydrogen) atoms. The molecule has 10 rings (SSSR count). The Morgan fingerprint density at radius 1 is 0.545 bits per heavy atom. The van der Waals surface area contributed by atoms with E-state index < -0.39 is 0 Å². The molecule has 0 spiro atoms. The standard InChI is InChI=1S/C30H19FNO.C19H14NO.Ir/c31-24-12-10-22(11-13-24)23-15-16-32-28(19-23)27-8-4-7-26-25-14-9-21(18-29(25)33-30(26)27)17-20-5-2-1-3-6-20;1-12-6-8-14-15-4-3-5-16(19(15)21-18(14)10-12)17-9-7-13(2)11-20-17;/h1-7,9-16,18-19H,17H2;3-4,6-11H,1-2H3;/q2*-1;.